The van der Waals surface area contributed by atoms with E-state index in [-0.39, 0.29) is 18.2 Å². The van der Waals surface area contributed by atoms with Crippen LogP contribution in [0.4, 0.5) is 5.69 Å². The Morgan fingerprint density at radius 2 is 1.84 bits per heavy atom. The molecule has 0 fully saturated rings. The molecule has 1 atom stereocenters. The monoisotopic (exact) mass is 532 g/mol. The average molecular weight is 533 g/mol. The summed E-state index contributed by atoms with van der Waals surface area (Å²) in [6.07, 6.45) is 0.496. The van der Waals surface area contributed by atoms with Gasteiger partial charge in [-0.25, -0.2) is 9.89 Å². The first-order chi connectivity index (χ1) is 18.0. The Morgan fingerprint density at radius 3 is 2.65 bits per heavy atom. The lowest BCUT2D eigenvalue weighted by atomic mass is 10.1. The fourth-order valence-electron chi connectivity index (χ4n) is 4.21. The quantitative estimate of drug-likeness (QED) is 0.424. The molecule has 0 unspecified atom stereocenters. The summed E-state index contributed by atoms with van der Waals surface area (Å²) in [6.45, 7) is 0.355. The molecule has 3 aromatic carbocycles. The zero-order valence-electron chi connectivity index (χ0n) is 20.2. The summed E-state index contributed by atoms with van der Waals surface area (Å²) in [4.78, 5) is 37.1. The van der Waals surface area contributed by atoms with E-state index in [0.717, 1.165) is 28.1 Å². The second kappa shape index (κ2) is 11.2. The molecule has 2 heterocycles. The van der Waals surface area contributed by atoms with E-state index in [1.165, 1.54) is 11.8 Å². The van der Waals surface area contributed by atoms with Crippen LogP contribution in [0, 0.1) is 0 Å². The molecule has 0 radical (unpaired) electrons. The minimum atomic E-state index is -0.639. The molecule has 188 valence electrons. The van der Waals surface area contributed by atoms with Crippen LogP contribution >= 0.6 is 23.4 Å². The van der Waals surface area contributed by atoms with Crippen LogP contribution < -0.4 is 10.1 Å². The van der Waals surface area contributed by atoms with E-state index in [1.54, 1.807) is 12.0 Å². The number of carbonyl (C=O) groups is 2. The smallest absolute Gasteiger partial charge is 0.259 e. The number of ether oxygens (including phenoxy) is 1. The van der Waals surface area contributed by atoms with Gasteiger partial charge in [0.2, 0.25) is 5.91 Å². The molecule has 2 amide bonds. The van der Waals surface area contributed by atoms with E-state index in [2.05, 4.69) is 5.32 Å². The van der Waals surface area contributed by atoms with E-state index in [0.29, 0.717) is 34.7 Å². The summed E-state index contributed by atoms with van der Waals surface area (Å²) in [6, 6.07) is 22.2. The Kier molecular flexibility index (Phi) is 7.58. The second-order valence-corrected chi connectivity index (χ2v) is 9.98. The van der Waals surface area contributed by atoms with Gasteiger partial charge in [0.05, 0.1) is 12.8 Å². The second-order valence-electron chi connectivity index (χ2n) is 8.60. The highest BCUT2D eigenvalue weighted by Gasteiger charge is 2.41. The number of rotatable bonds is 8. The molecule has 1 N–H and O–H groups in total. The number of hydrogen-bond donors (Lipinski definition) is 1. The Labute approximate surface area is 224 Å². The predicted molar refractivity (Wildman–Crippen MR) is 148 cm³/mol. The van der Waals surface area contributed by atoms with E-state index < -0.39 is 6.04 Å². The molecule has 0 bridgehead atoms. The number of para-hydroxylation sites is 2. The van der Waals surface area contributed by atoms with Gasteiger partial charge in [0.25, 0.3) is 5.91 Å². The molecule has 0 aromatic heterocycles. The number of aliphatic imine (C=N–C) groups is 2. The van der Waals surface area contributed by atoms with Crippen LogP contribution in [-0.2, 0) is 21.9 Å². The normalized spacial score (nSPS) is 16.0. The first kappa shape index (κ1) is 25.0. The lowest BCUT2D eigenvalue weighted by molar-refractivity contribution is -0.125. The first-order valence-electron chi connectivity index (χ1n) is 11.9. The van der Waals surface area contributed by atoms with Crippen molar-refractivity contribution >= 4 is 51.9 Å². The third-order valence-corrected chi connectivity index (χ3v) is 7.40. The van der Waals surface area contributed by atoms with Gasteiger partial charge in [-0.1, -0.05) is 65.8 Å². The van der Waals surface area contributed by atoms with Gasteiger partial charge < -0.3 is 10.1 Å². The highest BCUT2D eigenvalue weighted by Crippen LogP contribution is 2.35. The number of carbonyl (C=O) groups excluding carboxylic acids is 2. The Balaban J connectivity index is 1.27. The lowest BCUT2D eigenvalue weighted by Gasteiger charge is -2.25. The number of fused-ring (bicyclic) bond motifs is 3. The van der Waals surface area contributed by atoms with Crippen LogP contribution in [0.1, 0.15) is 29.5 Å². The Bertz CT molecular complexity index is 1390. The van der Waals surface area contributed by atoms with Crippen LogP contribution in [-0.4, -0.2) is 40.9 Å². The fraction of sp³-hybridized carbons (Fsp3) is 0.214. The van der Waals surface area contributed by atoms with E-state index in [4.69, 9.17) is 26.3 Å². The molecular weight excluding hydrogens is 508 g/mol. The third kappa shape index (κ3) is 5.55. The highest BCUT2D eigenvalue weighted by molar-refractivity contribution is 8.13. The van der Waals surface area contributed by atoms with Gasteiger partial charge in [-0.05, 0) is 42.3 Å². The molecule has 0 saturated heterocycles. The van der Waals surface area contributed by atoms with Crippen molar-refractivity contribution < 1.29 is 14.3 Å². The molecule has 2 aliphatic rings. The van der Waals surface area contributed by atoms with Crippen molar-refractivity contribution in [1.82, 2.24) is 10.2 Å². The van der Waals surface area contributed by atoms with Crippen molar-refractivity contribution in [3.05, 3.63) is 94.5 Å². The summed E-state index contributed by atoms with van der Waals surface area (Å²) < 4.78 is 5.34. The first-order valence-corrected chi connectivity index (χ1v) is 13.3. The van der Waals surface area contributed by atoms with Crippen molar-refractivity contribution in [2.24, 2.45) is 9.98 Å². The minimum absolute atomic E-state index is 0.143. The van der Waals surface area contributed by atoms with Gasteiger partial charge in [0.1, 0.15) is 17.6 Å². The SMILES string of the molecule is COc1ccccc1CNC(=O)CC[C@@H]1N=C2c3ccccc3N=C(SCc3ccc(Cl)cc3)N2C1=O. The van der Waals surface area contributed by atoms with Gasteiger partial charge in [-0.2, -0.15) is 0 Å². The number of halogens is 1. The number of benzene rings is 3. The fourth-order valence-corrected chi connectivity index (χ4v) is 5.30. The molecular formula is C28H25ClN4O3S. The van der Waals surface area contributed by atoms with Gasteiger partial charge in [-0.15, -0.1) is 0 Å². The number of hydrogen-bond acceptors (Lipinski definition) is 6. The summed E-state index contributed by atoms with van der Waals surface area (Å²) in [5, 5.41) is 4.17. The molecule has 0 saturated carbocycles. The van der Waals surface area contributed by atoms with Gasteiger partial charge in [0.15, 0.2) is 5.17 Å². The van der Waals surface area contributed by atoms with Gasteiger partial charge in [-0.3, -0.25) is 14.6 Å². The third-order valence-electron chi connectivity index (χ3n) is 6.14. The van der Waals surface area contributed by atoms with Crippen LogP contribution in [0.15, 0.2) is 82.8 Å². The van der Waals surface area contributed by atoms with Crippen molar-refractivity contribution in [1.29, 1.82) is 0 Å². The Morgan fingerprint density at radius 1 is 1.08 bits per heavy atom. The number of nitrogens with zero attached hydrogens (tertiary/aromatic N) is 3. The van der Waals surface area contributed by atoms with Gasteiger partial charge in [0, 0.05) is 34.9 Å². The topological polar surface area (TPSA) is 83.4 Å². The van der Waals surface area contributed by atoms with Crippen LogP contribution in [0.5, 0.6) is 5.75 Å². The van der Waals surface area contributed by atoms with Gasteiger partial charge >= 0.3 is 0 Å². The molecule has 2 aliphatic heterocycles. The molecule has 37 heavy (non-hydrogen) atoms. The average Bonchev–Trinajstić information content (AvgIpc) is 3.26. The standard InChI is InChI=1S/C28H25ClN4O3S/c1-36-24-9-5-2-6-19(24)16-30-25(34)15-14-23-27(35)33-26(31-23)21-7-3-4-8-22(21)32-28(33)37-17-18-10-12-20(29)13-11-18/h2-13,23H,14-17H2,1H3,(H,30,34)/t23-/m0/s1. The van der Waals surface area contributed by atoms with Crippen molar-refractivity contribution in [2.45, 2.75) is 31.2 Å². The van der Waals surface area contributed by atoms with E-state index in [9.17, 15) is 9.59 Å². The molecule has 0 aliphatic carbocycles. The van der Waals surface area contributed by atoms with Crippen LogP contribution in [0.3, 0.4) is 0 Å². The largest absolute Gasteiger partial charge is 0.496 e. The lowest BCUT2D eigenvalue weighted by Crippen LogP contribution is -2.41. The van der Waals surface area contributed by atoms with Crippen molar-refractivity contribution in [2.75, 3.05) is 7.11 Å². The number of amides is 2. The Hall–Kier alpha value is -3.62. The van der Waals surface area contributed by atoms with Crippen LogP contribution in [0.2, 0.25) is 5.02 Å². The highest BCUT2D eigenvalue weighted by atomic mass is 35.5. The van der Waals surface area contributed by atoms with E-state index in [1.807, 2.05) is 72.8 Å². The summed E-state index contributed by atoms with van der Waals surface area (Å²) in [5.74, 6) is 1.64. The summed E-state index contributed by atoms with van der Waals surface area (Å²) in [5.41, 5.74) is 3.56. The molecule has 3 aromatic rings. The molecule has 5 rings (SSSR count). The zero-order valence-corrected chi connectivity index (χ0v) is 21.8. The van der Waals surface area contributed by atoms with Crippen LogP contribution in [0.25, 0.3) is 0 Å². The predicted octanol–water partition coefficient (Wildman–Crippen LogP) is 5.34. The number of thioether (sulfide) groups is 1. The number of methoxy groups -OCH3 is 1. The number of nitrogens with one attached hydrogen (secondary N) is 1. The van der Waals surface area contributed by atoms with E-state index >= 15 is 0 Å². The molecule has 7 nitrogen and oxygen atoms in total. The molecule has 9 heteroatoms. The van der Waals surface area contributed by atoms with Crippen molar-refractivity contribution in [3.63, 3.8) is 0 Å². The molecule has 0 spiro atoms. The minimum Gasteiger partial charge on any atom is -0.496 e. The number of amidine groups is 2. The maximum atomic E-state index is 13.4. The maximum absolute atomic E-state index is 13.4. The summed E-state index contributed by atoms with van der Waals surface area (Å²) >= 11 is 7.48. The van der Waals surface area contributed by atoms with Crippen molar-refractivity contribution in [3.8, 4) is 5.75 Å². The maximum Gasteiger partial charge on any atom is 0.259 e. The summed E-state index contributed by atoms with van der Waals surface area (Å²) in [7, 11) is 1.60. The zero-order chi connectivity index (χ0) is 25.8.